The van der Waals surface area contributed by atoms with Gasteiger partial charge in [-0.2, -0.15) is 4.31 Å². The van der Waals surface area contributed by atoms with Gasteiger partial charge in [-0.15, -0.1) is 0 Å². The molecule has 3 rings (SSSR count). The summed E-state index contributed by atoms with van der Waals surface area (Å²) in [6, 6.07) is 9.86. The number of hydrogen-bond donors (Lipinski definition) is 0. The first kappa shape index (κ1) is 21.5. The molecule has 1 aliphatic rings. The highest BCUT2D eigenvalue weighted by Gasteiger charge is 2.30. The molecular formula is C20H22ClFN2O4S. The average molecular weight is 441 g/mol. The molecule has 29 heavy (non-hydrogen) atoms. The number of rotatable bonds is 7. The van der Waals surface area contributed by atoms with E-state index in [9.17, 15) is 17.6 Å². The first-order valence-corrected chi connectivity index (χ1v) is 11.0. The largest absolute Gasteiger partial charge is 0.492 e. The summed E-state index contributed by atoms with van der Waals surface area (Å²) in [5.74, 6) is -0.202. The van der Waals surface area contributed by atoms with Crippen LogP contribution < -0.4 is 4.74 Å². The van der Waals surface area contributed by atoms with Gasteiger partial charge < -0.3 is 9.64 Å². The predicted molar refractivity (Wildman–Crippen MR) is 108 cm³/mol. The highest BCUT2D eigenvalue weighted by atomic mass is 35.5. The smallest absolute Gasteiger partial charge is 0.253 e. The second-order valence-electron chi connectivity index (χ2n) is 6.79. The molecule has 0 N–H and O–H groups in total. The number of amides is 1. The van der Waals surface area contributed by atoms with Gasteiger partial charge in [-0.05, 0) is 55.3 Å². The van der Waals surface area contributed by atoms with Crippen LogP contribution in [0.5, 0.6) is 5.75 Å². The van der Waals surface area contributed by atoms with Crippen LogP contribution in [0.2, 0.25) is 5.02 Å². The van der Waals surface area contributed by atoms with Crippen molar-refractivity contribution in [1.29, 1.82) is 0 Å². The number of benzene rings is 2. The highest BCUT2D eigenvalue weighted by molar-refractivity contribution is 7.89. The van der Waals surface area contributed by atoms with Crippen LogP contribution in [0.4, 0.5) is 4.39 Å². The van der Waals surface area contributed by atoms with Gasteiger partial charge in [-0.25, -0.2) is 12.8 Å². The number of likely N-dealkylation sites (N-methyl/N-ethyl adjacent to an activating group) is 1. The van der Waals surface area contributed by atoms with E-state index < -0.39 is 10.0 Å². The fourth-order valence-electron chi connectivity index (χ4n) is 3.05. The monoisotopic (exact) mass is 440 g/mol. The minimum Gasteiger partial charge on any atom is -0.492 e. The Balaban J connectivity index is 1.67. The van der Waals surface area contributed by atoms with E-state index in [2.05, 4.69) is 0 Å². The van der Waals surface area contributed by atoms with Gasteiger partial charge in [0.15, 0.2) is 0 Å². The maximum Gasteiger partial charge on any atom is 0.253 e. The molecule has 0 aliphatic carbocycles. The predicted octanol–water partition coefficient (Wildman–Crippen LogP) is 3.41. The van der Waals surface area contributed by atoms with E-state index >= 15 is 0 Å². The number of sulfonamides is 1. The van der Waals surface area contributed by atoms with Gasteiger partial charge in [0.25, 0.3) is 5.91 Å². The molecule has 6 nitrogen and oxygen atoms in total. The SMILES string of the molecule is CN(CCOc1ccc(F)cc1)C(=O)c1ccc(Cl)c(S(=O)(=O)N2CCCC2)c1. The molecule has 0 unspecified atom stereocenters. The van der Waals surface area contributed by atoms with Gasteiger partial charge >= 0.3 is 0 Å². The Hall–Kier alpha value is -2.16. The van der Waals surface area contributed by atoms with Crippen LogP contribution in [0, 0.1) is 5.82 Å². The Bertz CT molecular complexity index is 976. The molecular weight excluding hydrogens is 419 g/mol. The molecule has 0 bridgehead atoms. The van der Waals surface area contributed by atoms with Crippen LogP contribution >= 0.6 is 11.6 Å². The molecule has 1 heterocycles. The molecule has 2 aromatic carbocycles. The zero-order valence-corrected chi connectivity index (χ0v) is 17.5. The van der Waals surface area contributed by atoms with E-state index in [0.29, 0.717) is 18.8 Å². The zero-order chi connectivity index (χ0) is 21.0. The van der Waals surface area contributed by atoms with Crippen molar-refractivity contribution < 1.29 is 22.3 Å². The molecule has 9 heteroatoms. The van der Waals surface area contributed by atoms with Crippen molar-refractivity contribution in [2.45, 2.75) is 17.7 Å². The van der Waals surface area contributed by atoms with Gasteiger partial charge in [0.05, 0.1) is 11.6 Å². The summed E-state index contributed by atoms with van der Waals surface area (Å²) in [4.78, 5) is 14.1. The van der Waals surface area contributed by atoms with Crippen molar-refractivity contribution in [3.05, 3.63) is 58.9 Å². The molecule has 1 fully saturated rings. The summed E-state index contributed by atoms with van der Waals surface area (Å²) < 4.78 is 45.4. The first-order valence-electron chi connectivity index (χ1n) is 9.22. The third-order valence-corrected chi connectivity index (χ3v) is 7.10. The maximum atomic E-state index is 12.9. The topological polar surface area (TPSA) is 66.9 Å². The molecule has 0 saturated carbocycles. The van der Waals surface area contributed by atoms with E-state index in [4.69, 9.17) is 16.3 Å². The number of nitrogens with zero attached hydrogens (tertiary/aromatic N) is 2. The number of ether oxygens (including phenoxy) is 1. The van der Waals surface area contributed by atoms with E-state index in [-0.39, 0.29) is 40.4 Å². The number of hydrogen-bond acceptors (Lipinski definition) is 4. The fraction of sp³-hybridized carbons (Fsp3) is 0.350. The van der Waals surface area contributed by atoms with Crippen LogP contribution in [-0.4, -0.2) is 56.8 Å². The molecule has 0 radical (unpaired) electrons. The third-order valence-electron chi connectivity index (χ3n) is 4.72. The van der Waals surface area contributed by atoms with Crippen LogP contribution in [0.1, 0.15) is 23.2 Å². The summed E-state index contributed by atoms with van der Waals surface area (Å²) in [6.07, 6.45) is 1.62. The highest BCUT2D eigenvalue weighted by Crippen LogP contribution is 2.28. The number of carbonyl (C=O) groups is 1. The molecule has 0 spiro atoms. The standard InChI is InChI=1S/C20H22ClFN2O4S/c1-23(12-13-28-17-7-5-16(22)6-8-17)20(25)15-4-9-18(21)19(14-15)29(26,27)24-10-2-3-11-24/h4-9,14H,2-3,10-13H2,1H3. The molecule has 1 saturated heterocycles. The Morgan fingerprint density at radius 3 is 2.48 bits per heavy atom. The van der Waals surface area contributed by atoms with Crippen molar-refractivity contribution in [3.8, 4) is 5.75 Å². The second kappa shape index (κ2) is 9.11. The third kappa shape index (κ3) is 5.07. The molecule has 1 amide bonds. The van der Waals surface area contributed by atoms with Gasteiger partial charge in [0, 0.05) is 25.7 Å². The van der Waals surface area contributed by atoms with E-state index in [0.717, 1.165) is 12.8 Å². The van der Waals surface area contributed by atoms with Crippen molar-refractivity contribution >= 4 is 27.5 Å². The summed E-state index contributed by atoms with van der Waals surface area (Å²) in [5, 5.41) is 0.0933. The summed E-state index contributed by atoms with van der Waals surface area (Å²) in [5.41, 5.74) is 0.233. The minimum absolute atomic E-state index is 0.0529. The average Bonchev–Trinajstić information content (AvgIpc) is 3.25. The normalized spacial score (nSPS) is 14.7. The van der Waals surface area contributed by atoms with Gasteiger partial charge in [-0.1, -0.05) is 11.6 Å². The van der Waals surface area contributed by atoms with Crippen LogP contribution in [-0.2, 0) is 10.0 Å². The van der Waals surface area contributed by atoms with Crippen LogP contribution in [0.15, 0.2) is 47.4 Å². The van der Waals surface area contributed by atoms with Crippen molar-refractivity contribution in [2.24, 2.45) is 0 Å². The van der Waals surface area contributed by atoms with E-state index in [1.54, 1.807) is 7.05 Å². The zero-order valence-electron chi connectivity index (χ0n) is 16.0. The lowest BCUT2D eigenvalue weighted by Gasteiger charge is -2.20. The van der Waals surface area contributed by atoms with Crippen LogP contribution in [0.25, 0.3) is 0 Å². The molecule has 156 valence electrons. The Kier molecular flexibility index (Phi) is 6.77. The van der Waals surface area contributed by atoms with Crippen molar-refractivity contribution in [3.63, 3.8) is 0 Å². The van der Waals surface area contributed by atoms with E-state index in [1.165, 1.54) is 51.7 Å². The molecule has 0 aromatic heterocycles. The van der Waals surface area contributed by atoms with Gasteiger partial charge in [0.1, 0.15) is 23.1 Å². The lowest BCUT2D eigenvalue weighted by atomic mass is 10.2. The first-order chi connectivity index (χ1) is 13.8. The lowest BCUT2D eigenvalue weighted by Crippen LogP contribution is -2.31. The number of halogens is 2. The minimum atomic E-state index is -3.73. The summed E-state index contributed by atoms with van der Waals surface area (Å²) >= 11 is 6.13. The summed E-state index contributed by atoms with van der Waals surface area (Å²) in [6.45, 7) is 1.39. The van der Waals surface area contributed by atoms with E-state index in [1.807, 2.05) is 0 Å². The molecule has 2 aromatic rings. The van der Waals surface area contributed by atoms with Crippen molar-refractivity contribution in [2.75, 3.05) is 33.3 Å². The Morgan fingerprint density at radius 2 is 1.83 bits per heavy atom. The van der Waals surface area contributed by atoms with Gasteiger partial charge in [0.2, 0.25) is 10.0 Å². The fourth-order valence-corrected chi connectivity index (χ4v) is 5.07. The van der Waals surface area contributed by atoms with Crippen molar-refractivity contribution in [1.82, 2.24) is 9.21 Å². The van der Waals surface area contributed by atoms with Crippen LogP contribution in [0.3, 0.4) is 0 Å². The lowest BCUT2D eigenvalue weighted by molar-refractivity contribution is 0.0773. The van der Waals surface area contributed by atoms with Gasteiger partial charge in [-0.3, -0.25) is 4.79 Å². The Morgan fingerprint density at radius 1 is 1.17 bits per heavy atom. The second-order valence-corrected chi connectivity index (χ2v) is 9.10. The molecule has 0 atom stereocenters. The number of carbonyl (C=O) groups excluding carboxylic acids is 1. The molecule has 1 aliphatic heterocycles. The quantitative estimate of drug-likeness (QED) is 0.661. The summed E-state index contributed by atoms with van der Waals surface area (Å²) in [7, 11) is -2.14. The maximum absolute atomic E-state index is 12.9. The Labute approximate surface area is 174 Å².